The first-order chi connectivity index (χ1) is 18.6. The summed E-state index contributed by atoms with van der Waals surface area (Å²) in [6.45, 7) is 4.07. The van der Waals surface area contributed by atoms with Gasteiger partial charge in [-0.05, 0) is 70.4 Å². The first kappa shape index (κ1) is 32.0. The summed E-state index contributed by atoms with van der Waals surface area (Å²) in [4.78, 5) is 35.5. The fourth-order valence-electron chi connectivity index (χ4n) is 4.25. The van der Waals surface area contributed by atoms with Gasteiger partial charge in [-0.1, -0.05) is 29.0 Å². The van der Waals surface area contributed by atoms with Crippen LogP contribution in [0.1, 0.15) is 23.7 Å². The van der Waals surface area contributed by atoms with Crippen molar-refractivity contribution in [2.24, 2.45) is 0 Å². The Hall–Kier alpha value is -2.48. The van der Waals surface area contributed by atoms with Crippen molar-refractivity contribution in [1.29, 1.82) is 0 Å². The molecule has 2 heterocycles. The maximum atomic E-state index is 13.6. The highest BCUT2D eigenvalue weighted by Crippen LogP contribution is 2.33. The third-order valence-corrected chi connectivity index (χ3v) is 9.59. The van der Waals surface area contributed by atoms with Crippen molar-refractivity contribution >= 4 is 72.7 Å². The molecule has 0 bridgehead atoms. The van der Waals surface area contributed by atoms with Crippen molar-refractivity contribution in [3.05, 3.63) is 53.1 Å². The number of hydrogen-bond donors (Lipinski definition) is 0. The fourth-order valence-corrected chi connectivity index (χ4v) is 6.96. The number of benzene rings is 2. The standard InChI is InChI=1S/C26H32ClN5O5S2.ClH/c1-4-37-26(34)30-15-17-31(18-16-30)39(35,36)20-11-9-19(10-12-20)24(33)32(14-6-13-29(2)3)25-28-23-21(27)7-5-8-22(23)38-25;/h5,7-12H,4,6,13-18H2,1-3H3;1H. The lowest BCUT2D eigenvalue weighted by atomic mass is 10.2. The number of piperazine rings is 1. The van der Waals surface area contributed by atoms with E-state index < -0.39 is 16.1 Å². The molecule has 1 aliphatic rings. The quantitative estimate of drug-likeness (QED) is 0.345. The second-order valence-corrected chi connectivity index (χ2v) is 12.7. The molecule has 0 N–H and O–H groups in total. The minimum atomic E-state index is -3.78. The van der Waals surface area contributed by atoms with Crippen LogP contribution in [0.2, 0.25) is 5.02 Å². The second-order valence-electron chi connectivity index (χ2n) is 9.31. The fraction of sp³-hybridized carbons (Fsp3) is 0.423. The van der Waals surface area contributed by atoms with E-state index in [9.17, 15) is 18.0 Å². The van der Waals surface area contributed by atoms with Crippen LogP contribution in [0.15, 0.2) is 47.4 Å². The predicted molar refractivity (Wildman–Crippen MR) is 161 cm³/mol. The van der Waals surface area contributed by atoms with Crippen LogP contribution in [-0.2, 0) is 14.8 Å². The number of rotatable bonds is 9. The molecule has 2 amide bonds. The van der Waals surface area contributed by atoms with Crippen molar-refractivity contribution in [3.63, 3.8) is 0 Å². The van der Waals surface area contributed by atoms with Crippen molar-refractivity contribution in [2.75, 3.05) is 64.9 Å². The highest BCUT2D eigenvalue weighted by molar-refractivity contribution is 7.89. The molecule has 0 radical (unpaired) electrons. The normalized spacial score (nSPS) is 14.3. The monoisotopic (exact) mass is 629 g/mol. The molecule has 1 fully saturated rings. The molecule has 40 heavy (non-hydrogen) atoms. The summed E-state index contributed by atoms with van der Waals surface area (Å²) in [5.74, 6) is -0.268. The number of ether oxygens (including phenoxy) is 1. The first-order valence-electron chi connectivity index (χ1n) is 12.7. The largest absolute Gasteiger partial charge is 0.450 e. The number of hydrogen-bond acceptors (Lipinski definition) is 8. The van der Waals surface area contributed by atoms with Gasteiger partial charge in [0.1, 0.15) is 5.52 Å². The number of carbonyl (C=O) groups is 2. The Morgan fingerprint density at radius 1 is 1.05 bits per heavy atom. The molecule has 1 saturated heterocycles. The van der Waals surface area contributed by atoms with E-state index in [4.69, 9.17) is 16.3 Å². The van der Waals surface area contributed by atoms with Gasteiger partial charge in [-0.2, -0.15) is 4.31 Å². The van der Waals surface area contributed by atoms with E-state index in [-0.39, 0.29) is 56.0 Å². The Balaban J connectivity index is 0.00000441. The van der Waals surface area contributed by atoms with Crippen molar-refractivity contribution in [3.8, 4) is 0 Å². The van der Waals surface area contributed by atoms with E-state index in [2.05, 4.69) is 4.98 Å². The van der Waals surface area contributed by atoms with Gasteiger partial charge >= 0.3 is 6.09 Å². The maximum absolute atomic E-state index is 13.6. The van der Waals surface area contributed by atoms with Gasteiger partial charge in [-0.3, -0.25) is 9.69 Å². The van der Waals surface area contributed by atoms with Gasteiger partial charge in [0, 0.05) is 38.3 Å². The number of amides is 2. The number of para-hydroxylation sites is 1. The summed E-state index contributed by atoms with van der Waals surface area (Å²) in [5.41, 5.74) is 1.00. The number of carbonyl (C=O) groups excluding carboxylic acids is 2. The number of thiazole rings is 1. The number of anilines is 1. The molecule has 0 spiro atoms. The van der Waals surface area contributed by atoms with Gasteiger partial charge in [-0.15, -0.1) is 12.4 Å². The van der Waals surface area contributed by atoms with Gasteiger partial charge < -0.3 is 14.5 Å². The first-order valence-corrected chi connectivity index (χ1v) is 15.3. The molecule has 10 nitrogen and oxygen atoms in total. The van der Waals surface area contributed by atoms with Crippen LogP contribution in [0.5, 0.6) is 0 Å². The summed E-state index contributed by atoms with van der Waals surface area (Å²) >= 11 is 7.72. The van der Waals surface area contributed by atoms with Gasteiger partial charge in [0.05, 0.1) is 21.2 Å². The topological polar surface area (TPSA) is 103 Å². The molecule has 0 unspecified atom stereocenters. The molecular weight excluding hydrogens is 597 g/mol. The van der Waals surface area contributed by atoms with Gasteiger partial charge in [0.15, 0.2) is 5.13 Å². The lowest BCUT2D eigenvalue weighted by molar-refractivity contribution is 0.0933. The lowest BCUT2D eigenvalue weighted by Gasteiger charge is -2.33. The minimum Gasteiger partial charge on any atom is -0.450 e. The van der Waals surface area contributed by atoms with E-state index in [1.54, 1.807) is 17.9 Å². The van der Waals surface area contributed by atoms with Crippen LogP contribution < -0.4 is 4.90 Å². The molecule has 0 atom stereocenters. The van der Waals surface area contributed by atoms with Crippen molar-refractivity contribution < 1.29 is 22.7 Å². The predicted octanol–water partition coefficient (Wildman–Crippen LogP) is 4.43. The second kappa shape index (κ2) is 13.9. The molecule has 1 aromatic heterocycles. The summed E-state index contributed by atoms with van der Waals surface area (Å²) < 4.78 is 33.7. The van der Waals surface area contributed by atoms with Gasteiger partial charge in [0.25, 0.3) is 5.91 Å². The minimum absolute atomic E-state index is 0. The number of aromatic nitrogens is 1. The van der Waals surface area contributed by atoms with Crippen molar-refractivity contribution in [1.82, 2.24) is 19.1 Å². The van der Waals surface area contributed by atoms with Gasteiger partial charge in [-0.25, -0.2) is 18.2 Å². The average molecular weight is 631 g/mol. The molecule has 3 aromatic rings. The summed E-state index contributed by atoms with van der Waals surface area (Å²) in [5, 5.41) is 1.06. The molecule has 0 saturated carbocycles. The molecule has 218 valence electrons. The van der Waals surface area contributed by atoms with Gasteiger partial charge in [0.2, 0.25) is 10.0 Å². The zero-order chi connectivity index (χ0) is 28.2. The maximum Gasteiger partial charge on any atom is 0.409 e. The van der Waals surface area contributed by atoms with E-state index in [0.29, 0.717) is 27.8 Å². The number of halogens is 2. The number of sulfonamides is 1. The third kappa shape index (κ3) is 7.23. The summed E-state index contributed by atoms with van der Waals surface area (Å²) in [6.07, 6.45) is 0.287. The molecule has 0 aliphatic carbocycles. The van der Waals surface area contributed by atoms with Crippen LogP contribution in [0.25, 0.3) is 10.2 Å². The highest BCUT2D eigenvalue weighted by atomic mass is 35.5. The Morgan fingerprint density at radius 3 is 2.33 bits per heavy atom. The third-order valence-electron chi connectivity index (χ3n) is 6.33. The Kier molecular flexibility index (Phi) is 11.2. The molecule has 14 heteroatoms. The molecular formula is C26H33Cl2N5O5S2. The summed E-state index contributed by atoms with van der Waals surface area (Å²) in [7, 11) is 0.158. The molecule has 2 aromatic carbocycles. The zero-order valence-corrected chi connectivity index (χ0v) is 25.8. The van der Waals surface area contributed by atoms with Crippen LogP contribution in [0.4, 0.5) is 9.93 Å². The Morgan fingerprint density at radius 2 is 1.73 bits per heavy atom. The van der Waals surface area contributed by atoms with Crippen LogP contribution in [0.3, 0.4) is 0 Å². The Labute approximate surface area is 249 Å². The number of fused-ring (bicyclic) bond motifs is 1. The SMILES string of the molecule is CCOC(=O)N1CCN(S(=O)(=O)c2ccc(C(=O)N(CCCN(C)C)c3nc4c(Cl)cccc4s3)cc2)CC1.Cl. The van der Waals surface area contributed by atoms with E-state index >= 15 is 0 Å². The van der Waals surface area contributed by atoms with Crippen LogP contribution >= 0.6 is 35.3 Å². The van der Waals surface area contributed by atoms with Crippen LogP contribution in [-0.4, -0.2) is 99.5 Å². The van der Waals surface area contributed by atoms with E-state index in [0.717, 1.165) is 17.7 Å². The van der Waals surface area contributed by atoms with Crippen LogP contribution in [0, 0.1) is 0 Å². The Bertz CT molecular complexity index is 1430. The molecule has 4 rings (SSSR count). The smallest absolute Gasteiger partial charge is 0.409 e. The zero-order valence-electron chi connectivity index (χ0n) is 22.6. The van der Waals surface area contributed by atoms with E-state index in [1.807, 2.05) is 31.1 Å². The number of nitrogens with zero attached hydrogens (tertiary/aromatic N) is 5. The van der Waals surface area contributed by atoms with Crippen molar-refractivity contribution in [2.45, 2.75) is 18.2 Å². The van der Waals surface area contributed by atoms with E-state index in [1.165, 1.54) is 44.8 Å². The average Bonchev–Trinajstić information content (AvgIpc) is 3.36. The highest BCUT2D eigenvalue weighted by Gasteiger charge is 2.31. The lowest BCUT2D eigenvalue weighted by Crippen LogP contribution is -2.50. The summed E-state index contributed by atoms with van der Waals surface area (Å²) in [6, 6.07) is 11.5. The molecule has 1 aliphatic heterocycles.